The number of aromatic nitrogens is 1. The molecular weight excluding hydrogens is 386 g/mol. The number of rotatable bonds is 6. The molecule has 144 valence electrons. The van der Waals surface area contributed by atoms with E-state index in [2.05, 4.69) is 10.3 Å². The lowest BCUT2D eigenvalue weighted by Crippen LogP contribution is -2.45. The van der Waals surface area contributed by atoms with Crippen molar-refractivity contribution in [2.75, 3.05) is 6.54 Å². The first kappa shape index (κ1) is 19.8. The summed E-state index contributed by atoms with van der Waals surface area (Å²) < 4.78 is 27.5. The number of hydrogen-bond donors (Lipinski definition) is 1. The van der Waals surface area contributed by atoms with Crippen LogP contribution in [0.15, 0.2) is 53.7 Å². The van der Waals surface area contributed by atoms with Crippen molar-refractivity contribution in [1.82, 2.24) is 14.6 Å². The van der Waals surface area contributed by atoms with Crippen LogP contribution in [0.25, 0.3) is 0 Å². The van der Waals surface area contributed by atoms with Gasteiger partial charge >= 0.3 is 0 Å². The second-order valence-corrected chi connectivity index (χ2v) is 8.89. The maximum Gasteiger partial charge on any atom is 0.243 e. The van der Waals surface area contributed by atoms with Crippen molar-refractivity contribution in [2.45, 2.75) is 43.2 Å². The number of carbonyl (C=O) groups excluding carboxylic acids is 1. The molecular formula is C19H22ClN3O3S. The highest BCUT2D eigenvalue weighted by Crippen LogP contribution is 2.27. The molecule has 1 atom stereocenters. The van der Waals surface area contributed by atoms with Crippen LogP contribution in [0.4, 0.5) is 0 Å². The molecule has 1 aromatic heterocycles. The number of amides is 1. The number of pyridine rings is 1. The molecule has 1 saturated heterocycles. The molecule has 0 spiro atoms. The highest BCUT2D eigenvalue weighted by molar-refractivity contribution is 7.89. The van der Waals surface area contributed by atoms with E-state index < -0.39 is 10.0 Å². The number of halogens is 1. The Labute approximate surface area is 164 Å². The van der Waals surface area contributed by atoms with E-state index in [1.54, 1.807) is 24.5 Å². The first-order valence-electron chi connectivity index (χ1n) is 8.90. The summed E-state index contributed by atoms with van der Waals surface area (Å²) in [5.41, 5.74) is 0.903. The molecule has 0 saturated carbocycles. The van der Waals surface area contributed by atoms with Gasteiger partial charge in [0.15, 0.2) is 0 Å². The molecule has 8 heteroatoms. The van der Waals surface area contributed by atoms with E-state index in [1.807, 2.05) is 12.1 Å². The van der Waals surface area contributed by atoms with Gasteiger partial charge in [0.1, 0.15) is 0 Å². The van der Waals surface area contributed by atoms with Crippen molar-refractivity contribution in [3.05, 3.63) is 59.4 Å². The molecule has 1 fully saturated rings. The van der Waals surface area contributed by atoms with Gasteiger partial charge in [-0.2, -0.15) is 4.31 Å². The summed E-state index contributed by atoms with van der Waals surface area (Å²) in [5, 5.41) is 3.33. The van der Waals surface area contributed by atoms with E-state index in [-0.39, 0.29) is 23.3 Å². The Balaban J connectivity index is 1.67. The van der Waals surface area contributed by atoms with Gasteiger partial charge in [0.05, 0.1) is 4.90 Å². The van der Waals surface area contributed by atoms with E-state index >= 15 is 0 Å². The van der Waals surface area contributed by atoms with Gasteiger partial charge in [-0.3, -0.25) is 9.78 Å². The average molecular weight is 408 g/mol. The zero-order valence-electron chi connectivity index (χ0n) is 14.8. The minimum atomic E-state index is -3.66. The van der Waals surface area contributed by atoms with E-state index in [0.717, 1.165) is 18.4 Å². The van der Waals surface area contributed by atoms with Crippen LogP contribution in [0.3, 0.4) is 0 Å². The number of nitrogens with zero attached hydrogens (tertiary/aromatic N) is 2. The van der Waals surface area contributed by atoms with Crippen LogP contribution in [0.2, 0.25) is 5.02 Å². The fourth-order valence-electron chi connectivity index (χ4n) is 3.23. The van der Waals surface area contributed by atoms with Crippen molar-refractivity contribution >= 4 is 27.5 Å². The molecule has 1 N–H and O–H groups in total. The smallest absolute Gasteiger partial charge is 0.243 e. The normalized spacial score (nSPS) is 18.2. The fraction of sp³-hybridized carbons (Fsp3) is 0.368. The average Bonchev–Trinajstić information content (AvgIpc) is 2.68. The molecule has 3 rings (SSSR count). The Morgan fingerprint density at radius 1 is 1.22 bits per heavy atom. The van der Waals surface area contributed by atoms with Gasteiger partial charge in [-0.1, -0.05) is 24.1 Å². The summed E-state index contributed by atoms with van der Waals surface area (Å²) in [6, 6.07) is 9.49. The van der Waals surface area contributed by atoms with E-state index in [9.17, 15) is 13.2 Å². The molecule has 1 aliphatic rings. The van der Waals surface area contributed by atoms with Gasteiger partial charge in [0.2, 0.25) is 15.9 Å². The van der Waals surface area contributed by atoms with Gasteiger partial charge in [0.25, 0.3) is 0 Å². The van der Waals surface area contributed by atoms with Crippen molar-refractivity contribution < 1.29 is 13.2 Å². The zero-order valence-corrected chi connectivity index (χ0v) is 16.4. The Bertz CT molecular complexity index is 873. The molecule has 0 radical (unpaired) electrons. The maximum absolute atomic E-state index is 13.0. The molecule has 1 aliphatic heterocycles. The van der Waals surface area contributed by atoms with Gasteiger partial charge in [0, 0.05) is 43.0 Å². The predicted molar refractivity (Wildman–Crippen MR) is 104 cm³/mol. The number of nitrogens with one attached hydrogen (secondary N) is 1. The molecule has 2 aromatic rings. The zero-order chi connectivity index (χ0) is 19.3. The number of sulfonamides is 1. The monoisotopic (exact) mass is 407 g/mol. The van der Waals surface area contributed by atoms with Crippen LogP contribution >= 0.6 is 11.6 Å². The molecule has 6 nitrogen and oxygen atoms in total. The summed E-state index contributed by atoms with van der Waals surface area (Å²) >= 11 is 5.86. The third kappa shape index (κ3) is 5.06. The third-order valence-corrected chi connectivity index (χ3v) is 6.84. The van der Waals surface area contributed by atoms with Crippen LogP contribution < -0.4 is 5.32 Å². The van der Waals surface area contributed by atoms with Crippen LogP contribution in [-0.2, 0) is 21.4 Å². The van der Waals surface area contributed by atoms with Crippen molar-refractivity contribution in [1.29, 1.82) is 0 Å². The number of piperidine rings is 1. The van der Waals surface area contributed by atoms with E-state index in [4.69, 9.17) is 11.6 Å². The second kappa shape index (κ2) is 8.82. The molecule has 0 unspecified atom stereocenters. The van der Waals surface area contributed by atoms with Crippen molar-refractivity contribution in [2.24, 2.45) is 0 Å². The Morgan fingerprint density at radius 2 is 2.00 bits per heavy atom. The Hall–Kier alpha value is -1.96. The van der Waals surface area contributed by atoms with E-state index in [0.29, 0.717) is 24.5 Å². The highest BCUT2D eigenvalue weighted by Gasteiger charge is 2.34. The lowest BCUT2D eigenvalue weighted by molar-refractivity contribution is -0.122. The van der Waals surface area contributed by atoms with Gasteiger partial charge in [-0.05, 0) is 48.7 Å². The lowest BCUT2D eigenvalue weighted by atomic mass is 10.0. The third-order valence-electron chi connectivity index (χ3n) is 4.63. The van der Waals surface area contributed by atoms with Gasteiger partial charge in [-0.25, -0.2) is 8.42 Å². The number of benzene rings is 1. The van der Waals surface area contributed by atoms with Gasteiger partial charge in [-0.15, -0.1) is 0 Å². The van der Waals surface area contributed by atoms with Crippen molar-refractivity contribution in [3.8, 4) is 0 Å². The summed E-state index contributed by atoms with van der Waals surface area (Å²) in [6.45, 7) is 0.800. The quantitative estimate of drug-likeness (QED) is 0.798. The summed E-state index contributed by atoms with van der Waals surface area (Å²) in [5.74, 6) is -0.165. The minimum Gasteiger partial charge on any atom is -0.352 e. The summed E-state index contributed by atoms with van der Waals surface area (Å²) in [4.78, 5) is 16.6. The van der Waals surface area contributed by atoms with Crippen LogP contribution in [-0.4, -0.2) is 36.2 Å². The molecule has 0 aliphatic carbocycles. The lowest BCUT2D eigenvalue weighted by Gasteiger charge is -2.34. The van der Waals surface area contributed by atoms with Gasteiger partial charge < -0.3 is 5.32 Å². The standard InChI is InChI=1S/C19H22ClN3O3S/c20-16-6-8-18(9-7-16)27(25,26)23-11-2-1-5-17(23)12-19(24)22-14-15-4-3-10-21-13-15/h3-4,6-10,13,17H,1-2,5,11-12,14H2,(H,22,24)/t17-/m0/s1. The molecule has 1 amide bonds. The first-order valence-corrected chi connectivity index (χ1v) is 10.7. The maximum atomic E-state index is 13.0. The fourth-order valence-corrected chi connectivity index (χ4v) is 5.04. The Morgan fingerprint density at radius 3 is 2.70 bits per heavy atom. The van der Waals surface area contributed by atoms with Crippen molar-refractivity contribution in [3.63, 3.8) is 0 Å². The molecule has 2 heterocycles. The largest absolute Gasteiger partial charge is 0.352 e. The highest BCUT2D eigenvalue weighted by atomic mass is 35.5. The minimum absolute atomic E-state index is 0.146. The number of hydrogen-bond acceptors (Lipinski definition) is 4. The molecule has 0 bridgehead atoms. The number of carbonyl (C=O) groups is 1. The predicted octanol–water partition coefficient (Wildman–Crippen LogP) is 2.98. The molecule has 1 aromatic carbocycles. The van der Waals surface area contributed by atoms with Crippen LogP contribution in [0.5, 0.6) is 0 Å². The second-order valence-electron chi connectivity index (χ2n) is 6.56. The summed E-state index contributed by atoms with van der Waals surface area (Å²) in [7, 11) is -3.66. The van der Waals surface area contributed by atoms with E-state index in [1.165, 1.54) is 16.4 Å². The summed E-state index contributed by atoms with van der Waals surface area (Å²) in [6.07, 6.45) is 5.89. The molecule has 27 heavy (non-hydrogen) atoms. The van der Waals surface area contributed by atoms with Crippen LogP contribution in [0.1, 0.15) is 31.2 Å². The SMILES string of the molecule is O=C(C[C@@H]1CCCCN1S(=O)(=O)c1ccc(Cl)cc1)NCc1cccnc1. The Kier molecular flexibility index (Phi) is 6.46. The first-order chi connectivity index (χ1) is 13.0. The topological polar surface area (TPSA) is 79.4 Å². The van der Waals surface area contributed by atoms with Crippen LogP contribution in [0, 0.1) is 0 Å².